The Hall–Kier alpha value is -1.79. The summed E-state index contributed by atoms with van der Waals surface area (Å²) in [6.07, 6.45) is 4.66. The standard InChI is InChI=1S/C23H38N4O2/c1-3-24-23(25-11-7-14-28-17-20-10-15-29-18-20)26-19(2)21-8-6-9-22(16-21)27-12-4-5-13-27/h6,8-9,16,19-20H,3-5,7,10-15,17-18H2,1-2H3,(H2,24,25,26). The predicted octanol–water partition coefficient (Wildman–Crippen LogP) is 3.35. The molecule has 0 spiro atoms. The first-order valence-corrected chi connectivity index (χ1v) is 11.3. The molecule has 0 saturated carbocycles. The third-order valence-electron chi connectivity index (χ3n) is 5.63. The molecule has 2 atom stereocenters. The van der Waals surface area contributed by atoms with Crippen molar-refractivity contribution in [1.82, 2.24) is 10.6 Å². The van der Waals surface area contributed by atoms with Crippen LogP contribution in [0.15, 0.2) is 29.3 Å². The number of guanidine groups is 1. The van der Waals surface area contributed by atoms with Gasteiger partial charge in [0.25, 0.3) is 0 Å². The van der Waals surface area contributed by atoms with Crippen molar-refractivity contribution in [2.75, 3.05) is 57.5 Å². The lowest BCUT2D eigenvalue weighted by molar-refractivity contribution is 0.0893. The van der Waals surface area contributed by atoms with Gasteiger partial charge in [0.05, 0.1) is 19.3 Å². The molecule has 0 aliphatic carbocycles. The minimum absolute atomic E-state index is 0.203. The van der Waals surface area contributed by atoms with Crippen LogP contribution in [-0.4, -0.2) is 58.6 Å². The van der Waals surface area contributed by atoms with E-state index >= 15 is 0 Å². The molecule has 162 valence electrons. The number of nitrogens with one attached hydrogen (secondary N) is 2. The Kier molecular flexibility index (Phi) is 9.09. The number of benzene rings is 1. The third-order valence-corrected chi connectivity index (χ3v) is 5.63. The van der Waals surface area contributed by atoms with Crippen LogP contribution in [0.5, 0.6) is 0 Å². The number of hydrogen-bond donors (Lipinski definition) is 2. The lowest BCUT2D eigenvalue weighted by Gasteiger charge is -2.22. The molecule has 2 aliphatic rings. The van der Waals surface area contributed by atoms with E-state index in [1.54, 1.807) is 0 Å². The first kappa shape index (κ1) is 21.9. The summed E-state index contributed by atoms with van der Waals surface area (Å²) in [6, 6.07) is 9.10. The van der Waals surface area contributed by atoms with Crippen LogP contribution >= 0.6 is 0 Å². The molecule has 2 heterocycles. The summed E-state index contributed by atoms with van der Waals surface area (Å²) < 4.78 is 11.2. The Balaban J connectivity index is 1.44. The summed E-state index contributed by atoms with van der Waals surface area (Å²) in [5, 5.41) is 6.91. The van der Waals surface area contributed by atoms with Crippen molar-refractivity contribution in [3.8, 4) is 0 Å². The summed E-state index contributed by atoms with van der Waals surface area (Å²) in [6.45, 7) is 11.6. The van der Waals surface area contributed by atoms with Crippen LogP contribution in [0.4, 0.5) is 5.69 Å². The third kappa shape index (κ3) is 7.19. The van der Waals surface area contributed by atoms with Crippen molar-refractivity contribution in [3.63, 3.8) is 0 Å². The molecular weight excluding hydrogens is 364 g/mol. The highest BCUT2D eigenvalue weighted by Crippen LogP contribution is 2.24. The van der Waals surface area contributed by atoms with E-state index in [9.17, 15) is 0 Å². The first-order valence-electron chi connectivity index (χ1n) is 11.3. The van der Waals surface area contributed by atoms with Gasteiger partial charge in [-0.2, -0.15) is 0 Å². The van der Waals surface area contributed by atoms with Crippen LogP contribution in [0.1, 0.15) is 51.1 Å². The Morgan fingerprint density at radius 3 is 2.97 bits per heavy atom. The van der Waals surface area contributed by atoms with Crippen LogP contribution in [0.3, 0.4) is 0 Å². The lowest BCUT2D eigenvalue weighted by atomic mass is 10.1. The fourth-order valence-electron chi connectivity index (χ4n) is 3.90. The topological polar surface area (TPSA) is 58.1 Å². The molecule has 29 heavy (non-hydrogen) atoms. The van der Waals surface area contributed by atoms with Crippen LogP contribution < -0.4 is 15.5 Å². The van der Waals surface area contributed by atoms with E-state index in [2.05, 4.69) is 53.6 Å². The van der Waals surface area contributed by atoms with Gasteiger partial charge in [-0.05, 0) is 57.2 Å². The van der Waals surface area contributed by atoms with E-state index in [0.29, 0.717) is 5.92 Å². The monoisotopic (exact) mass is 402 g/mol. The van der Waals surface area contributed by atoms with Crippen molar-refractivity contribution < 1.29 is 9.47 Å². The first-order chi connectivity index (χ1) is 14.3. The number of nitrogens with zero attached hydrogens (tertiary/aromatic N) is 2. The number of rotatable bonds is 10. The molecule has 0 aromatic heterocycles. The molecule has 2 unspecified atom stereocenters. The van der Waals surface area contributed by atoms with Crippen LogP contribution in [0.2, 0.25) is 0 Å². The van der Waals surface area contributed by atoms with Gasteiger partial charge in [0.2, 0.25) is 0 Å². The largest absolute Gasteiger partial charge is 0.381 e. The minimum Gasteiger partial charge on any atom is -0.381 e. The van der Waals surface area contributed by atoms with E-state index in [-0.39, 0.29) is 6.04 Å². The van der Waals surface area contributed by atoms with Crippen LogP contribution in [0, 0.1) is 5.92 Å². The van der Waals surface area contributed by atoms with Gasteiger partial charge in [-0.15, -0.1) is 0 Å². The normalized spacial score (nSPS) is 20.8. The maximum atomic E-state index is 5.78. The minimum atomic E-state index is 0.203. The van der Waals surface area contributed by atoms with Crippen LogP contribution in [0.25, 0.3) is 0 Å². The van der Waals surface area contributed by atoms with Crippen LogP contribution in [-0.2, 0) is 9.47 Å². The quantitative estimate of drug-likeness (QED) is 0.357. The summed E-state index contributed by atoms with van der Waals surface area (Å²) in [5.74, 6) is 1.45. The van der Waals surface area contributed by atoms with E-state index in [1.165, 1.54) is 37.2 Å². The Bertz CT molecular complexity index is 625. The summed E-state index contributed by atoms with van der Waals surface area (Å²) >= 11 is 0. The van der Waals surface area contributed by atoms with Gasteiger partial charge in [-0.1, -0.05) is 12.1 Å². The van der Waals surface area contributed by atoms with Crippen molar-refractivity contribution >= 4 is 11.6 Å². The van der Waals surface area contributed by atoms with Gasteiger partial charge in [-0.3, -0.25) is 4.99 Å². The molecular formula is C23H38N4O2. The summed E-state index contributed by atoms with van der Waals surface area (Å²) in [5.41, 5.74) is 2.63. The van der Waals surface area contributed by atoms with Crippen molar-refractivity contribution in [2.24, 2.45) is 10.9 Å². The Morgan fingerprint density at radius 1 is 1.34 bits per heavy atom. The highest BCUT2D eigenvalue weighted by molar-refractivity contribution is 5.80. The molecule has 0 radical (unpaired) electrons. The molecule has 0 bridgehead atoms. The van der Waals surface area contributed by atoms with Gasteiger partial charge >= 0.3 is 0 Å². The highest BCUT2D eigenvalue weighted by Gasteiger charge is 2.16. The fourth-order valence-corrected chi connectivity index (χ4v) is 3.90. The second kappa shape index (κ2) is 12.0. The molecule has 1 aromatic rings. The molecule has 6 nitrogen and oxygen atoms in total. The zero-order valence-corrected chi connectivity index (χ0v) is 18.2. The molecule has 6 heteroatoms. The zero-order chi connectivity index (χ0) is 20.3. The average molecular weight is 403 g/mol. The Morgan fingerprint density at radius 2 is 2.21 bits per heavy atom. The molecule has 2 aliphatic heterocycles. The Labute approximate surface area is 176 Å². The van der Waals surface area contributed by atoms with Gasteiger partial charge in [0.15, 0.2) is 5.96 Å². The smallest absolute Gasteiger partial charge is 0.191 e. The van der Waals surface area contributed by atoms with Gasteiger partial charge < -0.3 is 25.0 Å². The van der Waals surface area contributed by atoms with Crippen molar-refractivity contribution in [1.29, 1.82) is 0 Å². The number of hydrogen-bond acceptors (Lipinski definition) is 4. The van der Waals surface area contributed by atoms with Gasteiger partial charge in [0, 0.05) is 51.0 Å². The second-order valence-corrected chi connectivity index (χ2v) is 8.07. The summed E-state index contributed by atoms with van der Waals surface area (Å²) in [4.78, 5) is 7.21. The van der Waals surface area contributed by atoms with E-state index in [4.69, 9.17) is 14.5 Å². The van der Waals surface area contributed by atoms with Crippen molar-refractivity contribution in [2.45, 2.75) is 45.6 Å². The number of ether oxygens (including phenoxy) is 2. The maximum absolute atomic E-state index is 5.78. The van der Waals surface area contributed by atoms with E-state index in [0.717, 1.165) is 58.3 Å². The van der Waals surface area contributed by atoms with Gasteiger partial charge in [-0.25, -0.2) is 0 Å². The molecule has 2 fully saturated rings. The maximum Gasteiger partial charge on any atom is 0.191 e. The van der Waals surface area contributed by atoms with Gasteiger partial charge in [0.1, 0.15) is 0 Å². The van der Waals surface area contributed by atoms with Crippen molar-refractivity contribution in [3.05, 3.63) is 29.8 Å². The van der Waals surface area contributed by atoms with E-state index < -0.39 is 0 Å². The average Bonchev–Trinajstić information content (AvgIpc) is 3.45. The second-order valence-electron chi connectivity index (χ2n) is 8.07. The highest BCUT2D eigenvalue weighted by atomic mass is 16.5. The molecule has 2 saturated heterocycles. The molecule has 0 amide bonds. The molecule has 3 rings (SSSR count). The van der Waals surface area contributed by atoms with E-state index in [1.807, 2.05) is 0 Å². The lowest BCUT2D eigenvalue weighted by Crippen LogP contribution is -2.38. The SMILES string of the molecule is CCNC(=NCCCOCC1CCOC1)NC(C)c1cccc(N2CCCC2)c1. The fraction of sp³-hybridized carbons (Fsp3) is 0.696. The zero-order valence-electron chi connectivity index (χ0n) is 18.2. The number of aliphatic imine (C=N–C) groups is 1. The summed E-state index contributed by atoms with van der Waals surface area (Å²) in [7, 11) is 0. The predicted molar refractivity (Wildman–Crippen MR) is 120 cm³/mol. The molecule has 2 N–H and O–H groups in total. The number of anilines is 1. The molecule has 1 aromatic carbocycles.